The molecule has 0 heterocycles. The number of carbonyl (C=O) groups is 1. The third-order valence-corrected chi connectivity index (χ3v) is 4.02. The monoisotopic (exact) mass is 291 g/mol. The van der Waals surface area contributed by atoms with Gasteiger partial charge in [-0.1, -0.05) is 30.1 Å². The number of hydrogen-bond acceptors (Lipinski definition) is 4. The maximum Gasteiger partial charge on any atom is 0.253 e. The van der Waals surface area contributed by atoms with E-state index < -0.39 is 6.10 Å². The van der Waals surface area contributed by atoms with Crippen LogP contribution in [0.5, 0.6) is 0 Å². The van der Waals surface area contributed by atoms with E-state index >= 15 is 0 Å². The van der Waals surface area contributed by atoms with E-state index in [2.05, 4.69) is 5.16 Å². The highest BCUT2D eigenvalue weighted by Gasteiger charge is 2.29. The second kappa shape index (κ2) is 6.58. The predicted octanol–water partition coefficient (Wildman–Crippen LogP) is 1.16. The zero-order valence-corrected chi connectivity index (χ0v) is 12.1. The number of aliphatic hydroxyl groups is 1. The number of rotatable bonds is 3. The summed E-state index contributed by atoms with van der Waals surface area (Å²) in [5.74, 6) is -0.210. The summed E-state index contributed by atoms with van der Waals surface area (Å²) < 4.78 is 0. The first-order chi connectivity index (χ1) is 10.0. The zero-order chi connectivity index (χ0) is 15.4. The number of oxime groups is 1. The number of carbonyl (C=O) groups excluding carboxylic acids is 1. The minimum Gasteiger partial charge on any atom is -0.409 e. The quantitative estimate of drug-likeness (QED) is 0.337. The first-order valence-electron chi connectivity index (χ1n) is 7.07. The van der Waals surface area contributed by atoms with Gasteiger partial charge in [-0.3, -0.25) is 4.79 Å². The van der Waals surface area contributed by atoms with Crippen molar-refractivity contribution in [1.82, 2.24) is 4.90 Å². The Labute approximate surface area is 123 Å². The smallest absolute Gasteiger partial charge is 0.253 e. The number of aliphatic hydroxyl groups excluding tert-OH is 1. The number of hydrogen-bond donors (Lipinski definition) is 3. The average Bonchev–Trinajstić information content (AvgIpc) is 2.53. The Balaban J connectivity index is 2.19. The van der Waals surface area contributed by atoms with Gasteiger partial charge in [0.2, 0.25) is 0 Å². The van der Waals surface area contributed by atoms with Gasteiger partial charge in [0.25, 0.3) is 5.91 Å². The zero-order valence-electron chi connectivity index (χ0n) is 12.1. The SMILES string of the molecule is CN(C(=O)c1cccc(/C(N)=N/O)c1)C1CCCCC1O. The Bertz CT molecular complexity index is 545. The van der Waals surface area contributed by atoms with Crippen LogP contribution in [0.4, 0.5) is 0 Å². The molecule has 4 N–H and O–H groups in total. The molecule has 0 aliphatic heterocycles. The maximum atomic E-state index is 12.5. The minimum atomic E-state index is -0.472. The van der Waals surface area contributed by atoms with E-state index in [9.17, 15) is 9.90 Å². The fraction of sp³-hybridized carbons (Fsp3) is 0.467. The van der Waals surface area contributed by atoms with Crippen LogP contribution in [0.1, 0.15) is 41.6 Å². The van der Waals surface area contributed by atoms with Crippen LogP contribution in [-0.4, -0.2) is 46.1 Å². The standard InChI is InChI=1S/C15H21N3O3/c1-18(12-7-2-3-8-13(12)19)15(20)11-6-4-5-10(9-11)14(16)17-21/h4-6,9,12-13,19,21H,2-3,7-8H2,1H3,(H2,16,17). The Hall–Kier alpha value is -2.08. The van der Waals surface area contributed by atoms with Gasteiger partial charge < -0.3 is 20.9 Å². The number of nitrogens with two attached hydrogens (primary N) is 1. The Morgan fingerprint density at radius 3 is 2.67 bits per heavy atom. The normalized spacial score (nSPS) is 22.9. The van der Waals surface area contributed by atoms with Gasteiger partial charge in [0.1, 0.15) is 0 Å². The Morgan fingerprint density at radius 2 is 2.00 bits per heavy atom. The van der Waals surface area contributed by atoms with Crippen molar-refractivity contribution in [3.63, 3.8) is 0 Å². The van der Waals surface area contributed by atoms with Gasteiger partial charge in [0.05, 0.1) is 12.1 Å². The summed E-state index contributed by atoms with van der Waals surface area (Å²) >= 11 is 0. The van der Waals surface area contributed by atoms with E-state index in [1.807, 2.05) is 0 Å². The molecule has 0 radical (unpaired) electrons. The van der Waals surface area contributed by atoms with Crippen molar-refractivity contribution in [2.75, 3.05) is 7.05 Å². The predicted molar refractivity (Wildman–Crippen MR) is 79.3 cm³/mol. The van der Waals surface area contributed by atoms with E-state index in [-0.39, 0.29) is 17.8 Å². The molecule has 1 aromatic carbocycles. The largest absolute Gasteiger partial charge is 0.409 e. The third-order valence-electron chi connectivity index (χ3n) is 4.02. The molecular formula is C15H21N3O3. The third kappa shape index (κ3) is 3.33. The Morgan fingerprint density at radius 1 is 1.33 bits per heavy atom. The van der Waals surface area contributed by atoms with Gasteiger partial charge in [-0.25, -0.2) is 0 Å². The van der Waals surface area contributed by atoms with Gasteiger partial charge in [-0.15, -0.1) is 0 Å². The summed E-state index contributed by atoms with van der Waals surface area (Å²) in [5, 5.41) is 21.7. The second-order valence-electron chi connectivity index (χ2n) is 5.40. The van der Waals surface area contributed by atoms with E-state index in [0.717, 1.165) is 25.7 Å². The van der Waals surface area contributed by atoms with Gasteiger partial charge >= 0.3 is 0 Å². The number of amides is 1. The fourth-order valence-electron chi connectivity index (χ4n) is 2.77. The molecule has 2 unspecified atom stereocenters. The number of benzene rings is 1. The lowest BCUT2D eigenvalue weighted by atomic mass is 9.91. The van der Waals surface area contributed by atoms with E-state index in [4.69, 9.17) is 10.9 Å². The van der Waals surface area contributed by atoms with Crippen molar-refractivity contribution in [3.05, 3.63) is 35.4 Å². The second-order valence-corrected chi connectivity index (χ2v) is 5.40. The maximum absolute atomic E-state index is 12.5. The molecule has 6 heteroatoms. The van der Waals surface area contributed by atoms with Crippen LogP contribution in [0, 0.1) is 0 Å². The molecule has 114 valence electrons. The molecule has 0 aromatic heterocycles. The van der Waals surface area contributed by atoms with Crippen LogP contribution in [0.25, 0.3) is 0 Å². The van der Waals surface area contributed by atoms with Crippen LogP contribution in [0.3, 0.4) is 0 Å². The lowest BCUT2D eigenvalue weighted by molar-refractivity contribution is 0.0268. The molecule has 0 spiro atoms. The van der Waals surface area contributed by atoms with Crippen molar-refractivity contribution in [2.24, 2.45) is 10.9 Å². The van der Waals surface area contributed by atoms with E-state index in [0.29, 0.717) is 11.1 Å². The van der Waals surface area contributed by atoms with Crippen LogP contribution in [-0.2, 0) is 0 Å². The summed E-state index contributed by atoms with van der Waals surface area (Å²) in [6.07, 6.45) is 3.08. The van der Waals surface area contributed by atoms with Crippen LogP contribution in [0.15, 0.2) is 29.4 Å². The highest BCUT2D eigenvalue weighted by molar-refractivity contribution is 6.01. The molecule has 21 heavy (non-hydrogen) atoms. The summed E-state index contributed by atoms with van der Waals surface area (Å²) in [7, 11) is 1.71. The minimum absolute atomic E-state index is 0.0370. The summed E-state index contributed by atoms with van der Waals surface area (Å²) in [6.45, 7) is 0. The number of likely N-dealkylation sites (N-methyl/N-ethyl adjacent to an activating group) is 1. The highest BCUT2D eigenvalue weighted by Crippen LogP contribution is 2.23. The molecule has 1 saturated carbocycles. The highest BCUT2D eigenvalue weighted by atomic mass is 16.4. The summed E-state index contributed by atoms with van der Waals surface area (Å²) in [6, 6.07) is 6.47. The van der Waals surface area contributed by atoms with Crippen LogP contribution >= 0.6 is 0 Å². The van der Waals surface area contributed by atoms with Crippen molar-refractivity contribution in [1.29, 1.82) is 0 Å². The number of nitrogens with zero attached hydrogens (tertiary/aromatic N) is 2. The molecule has 1 aliphatic rings. The first kappa shape index (κ1) is 15.3. The lowest BCUT2D eigenvalue weighted by Crippen LogP contribution is -2.46. The van der Waals surface area contributed by atoms with Crippen LogP contribution < -0.4 is 5.73 Å². The van der Waals surface area contributed by atoms with Gasteiger partial charge in [0.15, 0.2) is 5.84 Å². The molecule has 1 aromatic rings. The van der Waals surface area contributed by atoms with Crippen molar-refractivity contribution in [3.8, 4) is 0 Å². The van der Waals surface area contributed by atoms with Crippen LogP contribution in [0.2, 0.25) is 0 Å². The molecule has 0 saturated heterocycles. The topological polar surface area (TPSA) is 99.2 Å². The van der Waals surface area contributed by atoms with Gasteiger partial charge in [0, 0.05) is 18.2 Å². The molecule has 2 atom stereocenters. The fourth-order valence-corrected chi connectivity index (χ4v) is 2.77. The average molecular weight is 291 g/mol. The Kier molecular flexibility index (Phi) is 4.80. The van der Waals surface area contributed by atoms with Crippen molar-refractivity contribution < 1.29 is 15.1 Å². The summed E-state index contributed by atoms with van der Waals surface area (Å²) in [4.78, 5) is 14.1. The molecular weight excluding hydrogens is 270 g/mol. The molecule has 0 bridgehead atoms. The molecule has 6 nitrogen and oxygen atoms in total. The summed E-state index contributed by atoms with van der Waals surface area (Å²) in [5.41, 5.74) is 6.48. The first-order valence-corrected chi connectivity index (χ1v) is 7.07. The molecule has 2 rings (SSSR count). The molecule has 1 aliphatic carbocycles. The van der Waals surface area contributed by atoms with Gasteiger partial charge in [-0.05, 0) is 25.0 Å². The lowest BCUT2D eigenvalue weighted by Gasteiger charge is -2.35. The molecule has 1 fully saturated rings. The molecule has 1 amide bonds. The van der Waals surface area contributed by atoms with E-state index in [1.54, 1.807) is 36.2 Å². The van der Waals surface area contributed by atoms with Crippen molar-refractivity contribution in [2.45, 2.75) is 37.8 Å². The number of amidine groups is 1. The van der Waals surface area contributed by atoms with Gasteiger partial charge in [-0.2, -0.15) is 0 Å². The van der Waals surface area contributed by atoms with Crippen molar-refractivity contribution >= 4 is 11.7 Å². The van der Waals surface area contributed by atoms with E-state index in [1.165, 1.54) is 0 Å².